The van der Waals surface area contributed by atoms with E-state index in [-0.39, 0.29) is 11.7 Å². The number of hydrogen-bond acceptors (Lipinski definition) is 5. The molecule has 3 aromatic rings. The van der Waals surface area contributed by atoms with Crippen molar-refractivity contribution in [2.45, 2.75) is 25.9 Å². The Morgan fingerprint density at radius 3 is 2.56 bits per heavy atom. The Kier molecular flexibility index (Phi) is 6.05. The van der Waals surface area contributed by atoms with Crippen LogP contribution in [0, 0.1) is 24.3 Å². The first-order valence-electron chi connectivity index (χ1n) is 8.32. The molecule has 0 aliphatic heterocycles. The second-order valence-corrected chi connectivity index (χ2v) is 8.49. The summed E-state index contributed by atoms with van der Waals surface area (Å²) in [6, 6.07) is 12.0. The van der Waals surface area contributed by atoms with Crippen LogP contribution < -0.4 is 11.2 Å². The average molecular weight is 493 g/mol. The summed E-state index contributed by atoms with van der Waals surface area (Å²) >= 11 is 3.53. The van der Waals surface area contributed by atoms with E-state index in [1.54, 1.807) is 0 Å². The van der Waals surface area contributed by atoms with Gasteiger partial charge in [0.15, 0.2) is 5.82 Å². The summed E-state index contributed by atoms with van der Waals surface area (Å²) < 4.78 is 2.57. The highest BCUT2D eigenvalue weighted by atomic mass is 127. The molecule has 0 atom stereocenters. The topological polar surface area (TPSA) is 85.8 Å². The normalized spacial score (nSPS) is 10.8. The number of nitrogens with one attached hydrogen (secondary N) is 1. The number of anilines is 1. The SMILES string of the molecule is Cc1cccc(-c2nnc(SCC(=O)Nc3c(C)cc(I)cc3C)n2N)c1. The van der Waals surface area contributed by atoms with E-state index in [9.17, 15) is 4.79 Å². The number of carbonyl (C=O) groups excluding carboxylic acids is 1. The maximum absolute atomic E-state index is 12.4. The molecule has 0 spiro atoms. The van der Waals surface area contributed by atoms with Gasteiger partial charge in [-0.25, -0.2) is 4.68 Å². The molecule has 0 fully saturated rings. The van der Waals surface area contributed by atoms with E-state index >= 15 is 0 Å². The van der Waals surface area contributed by atoms with Crippen molar-refractivity contribution in [3.63, 3.8) is 0 Å². The van der Waals surface area contributed by atoms with Crippen LogP contribution in [0.25, 0.3) is 11.4 Å². The lowest BCUT2D eigenvalue weighted by atomic mass is 10.1. The number of rotatable bonds is 5. The quantitative estimate of drug-likeness (QED) is 0.320. The predicted octanol–water partition coefficient (Wildman–Crippen LogP) is 3.92. The third-order valence-corrected chi connectivity index (χ3v) is 5.60. The molecule has 27 heavy (non-hydrogen) atoms. The van der Waals surface area contributed by atoms with Crippen molar-refractivity contribution in [2.75, 3.05) is 16.9 Å². The van der Waals surface area contributed by atoms with Gasteiger partial charge in [0.25, 0.3) is 0 Å². The highest BCUT2D eigenvalue weighted by Crippen LogP contribution is 2.25. The van der Waals surface area contributed by atoms with Crippen LogP contribution >= 0.6 is 34.4 Å². The van der Waals surface area contributed by atoms with Gasteiger partial charge < -0.3 is 11.2 Å². The lowest BCUT2D eigenvalue weighted by Crippen LogP contribution is -2.17. The maximum Gasteiger partial charge on any atom is 0.234 e. The van der Waals surface area contributed by atoms with Crippen molar-refractivity contribution in [3.8, 4) is 11.4 Å². The van der Waals surface area contributed by atoms with E-state index in [0.717, 1.165) is 31.5 Å². The van der Waals surface area contributed by atoms with E-state index in [1.807, 2.05) is 57.2 Å². The molecule has 1 aromatic heterocycles. The fourth-order valence-corrected chi connectivity index (χ4v) is 4.36. The van der Waals surface area contributed by atoms with Crippen molar-refractivity contribution in [3.05, 3.63) is 56.7 Å². The minimum Gasteiger partial charge on any atom is -0.335 e. The molecule has 0 saturated carbocycles. The zero-order chi connectivity index (χ0) is 19.6. The third kappa shape index (κ3) is 4.62. The summed E-state index contributed by atoms with van der Waals surface area (Å²) in [4.78, 5) is 12.4. The Morgan fingerprint density at radius 2 is 1.89 bits per heavy atom. The van der Waals surface area contributed by atoms with Gasteiger partial charge in [-0.15, -0.1) is 10.2 Å². The van der Waals surface area contributed by atoms with Gasteiger partial charge in [-0.1, -0.05) is 35.5 Å². The highest BCUT2D eigenvalue weighted by Gasteiger charge is 2.15. The van der Waals surface area contributed by atoms with E-state index < -0.39 is 0 Å². The first-order valence-corrected chi connectivity index (χ1v) is 10.4. The number of halogens is 1. The van der Waals surface area contributed by atoms with E-state index in [0.29, 0.717) is 11.0 Å². The Hall–Kier alpha value is -2.07. The molecule has 0 aliphatic carbocycles. The Balaban J connectivity index is 1.68. The Bertz CT molecular complexity index is 979. The zero-order valence-electron chi connectivity index (χ0n) is 15.3. The monoisotopic (exact) mass is 493 g/mol. The number of nitrogens with two attached hydrogens (primary N) is 1. The summed E-state index contributed by atoms with van der Waals surface area (Å²) in [7, 11) is 0. The molecule has 0 aliphatic rings. The zero-order valence-corrected chi connectivity index (χ0v) is 18.3. The minimum absolute atomic E-state index is 0.104. The first-order chi connectivity index (χ1) is 12.8. The lowest BCUT2D eigenvalue weighted by Gasteiger charge is -2.12. The number of thioether (sulfide) groups is 1. The van der Waals surface area contributed by atoms with E-state index in [2.05, 4.69) is 38.1 Å². The largest absolute Gasteiger partial charge is 0.335 e. The Morgan fingerprint density at radius 1 is 1.19 bits per heavy atom. The molecule has 1 heterocycles. The summed E-state index contributed by atoms with van der Waals surface area (Å²) in [5, 5.41) is 11.8. The molecular weight excluding hydrogens is 473 g/mol. The molecular formula is C19H20IN5OS. The van der Waals surface area contributed by atoms with Gasteiger partial charge in [0, 0.05) is 14.8 Å². The number of aromatic nitrogens is 3. The standard InChI is InChI=1S/C19H20IN5OS/c1-11-5-4-6-14(7-11)18-23-24-19(25(18)21)27-10-16(26)22-17-12(2)8-15(20)9-13(17)3/h4-9H,10,21H2,1-3H3,(H,22,26). The summed E-state index contributed by atoms with van der Waals surface area (Å²) in [5.74, 6) is 6.80. The summed E-state index contributed by atoms with van der Waals surface area (Å²) in [6.45, 7) is 5.99. The number of aryl methyl sites for hydroxylation is 3. The van der Waals surface area contributed by atoms with Gasteiger partial charge in [0.1, 0.15) is 0 Å². The van der Waals surface area contributed by atoms with Crippen LogP contribution in [0.1, 0.15) is 16.7 Å². The molecule has 3 N–H and O–H groups in total. The molecule has 3 rings (SSSR count). The number of hydrogen-bond donors (Lipinski definition) is 2. The van der Waals surface area contributed by atoms with Crippen LogP contribution in [-0.4, -0.2) is 26.5 Å². The molecule has 2 aromatic carbocycles. The van der Waals surface area contributed by atoms with Crippen LogP contribution in [0.3, 0.4) is 0 Å². The molecule has 1 amide bonds. The van der Waals surface area contributed by atoms with E-state index in [4.69, 9.17) is 5.84 Å². The van der Waals surface area contributed by atoms with Crippen molar-refractivity contribution < 1.29 is 4.79 Å². The summed E-state index contributed by atoms with van der Waals surface area (Å²) in [5.41, 5.74) is 4.96. The second-order valence-electron chi connectivity index (χ2n) is 6.30. The predicted molar refractivity (Wildman–Crippen MR) is 118 cm³/mol. The smallest absolute Gasteiger partial charge is 0.234 e. The van der Waals surface area contributed by atoms with Gasteiger partial charge >= 0.3 is 0 Å². The number of nitrogen functional groups attached to an aromatic ring is 1. The van der Waals surface area contributed by atoms with Gasteiger partial charge in [-0.2, -0.15) is 0 Å². The maximum atomic E-state index is 12.4. The number of carbonyl (C=O) groups is 1. The van der Waals surface area contributed by atoms with Crippen LogP contribution in [-0.2, 0) is 4.79 Å². The van der Waals surface area contributed by atoms with Crippen LogP contribution in [0.2, 0.25) is 0 Å². The van der Waals surface area contributed by atoms with Crippen LogP contribution in [0.15, 0.2) is 41.6 Å². The fourth-order valence-electron chi connectivity index (χ4n) is 2.77. The van der Waals surface area contributed by atoms with Crippen molar-refractivity contribution in [1.82, 2.24) is 14.9 Å². The van der Waals surface area contributed by atoms with Gasteiger partial charge in [0.2, 0.25) is 11.1 Å². The number of amides is 1. The minimum atomic E-state index is -0.104. The second kappa shape index (κ2) is 8.30. The highest BCUT2D eigenvalue weighted by molar-refractivity contribution is 14.1. The van der Waals surface area contributed by atoms with Crippen LogP contribution in [0.5, 0.6) is 0 Å². The van der Waals surface area contributed by atoms with Crippen molar-refractivity contribution >= 4 is 45.9 Å². The van der Waals surface area contributed by atoms with Gasteiger partial charge in [0.05, 0.1) is 5.75 Å². The van der Waals surface area contributed by atoms with Crippen molar-refractivity contribution in [1.29, 1.82) is 0 Å². The first kappa shape index (κ1) is 19.7. The molecule has 6 nitrogen and oxygen atoms in total. The van der Waals surface area contributed by atoms with Crippen molar-refractivity contribution in [2.24, 2.45) is 0 Å². The fraction of sp³-hybridized carbons (Fsp3) is 0.211. The summed E-state index contributed by atoms with van der Waals surface area (Å²) in [6.07, 6.45) is 0. The molecule has 140 valence electrons. The lowest BCUT2D eigenvalue weighted by molar-refractivity contribution is -0.113. The average Bonchev–Trinajstić information content (AvgIpc) is 2.97. The van der Waals surface area contributed by atoms with Gasteiger partial charge in [-0.05, 0) is 72.7 Å². The molecule has 0 bridgehead atoms. The van der Waals surface area contributed by atoms with Crippen LogP contribution in [0.4, 0.5) is 5.69 Å². The molecule has 0 unspecified atom stereocenters. The van der Waals surface area contributed by atoms with E-state index in [1.165, 1.54) is 16.4 Å². The molecule has 0 radical (unpaired) electrons. The third-order valence-electron chi connectivity index (χ3n) is 4.04. The Labute approximate surface area is 176 Å². The number of benzene rings is 2. The molecule has 0 saturated heterocycles. The molecule has 8 heteroatoms. The number of nitrogens with zero attached hydrogens (tertiary/aromatic N) is 3. The van der Waals surface area contributed by atoms with Gasteiger partial charge in [-0.3, -0.25) is 4.79 Å².